The molecule has 1 saturated heterocycles. The van der Waals surface area contributed by atoms with Gasteiger partial charge in [-0.2, -0.15) is 0 Å². The zero-order chi connectivity index (χ0) is 10.0. The van der Waals surface area contributed by atoms with Crippen molar-refractivity contribution in [2.45, 2.75) is 12.5 Å². The molecular formula is C10H14N2O2. The Morgan fingerprint density at radius 2 is 2.29 bits per heavy atom. The van der Waals surface area contributed by atoms with Crippen LogP contribution in [0.1, 0.15) is 6.92 Å². The summed E-state index contributed by atoms with van der Waals surface area (Å²) in [5.41, 5.74) is -0.115. The molecule has 0 amide bonds. The van der Waals surface area contributed by atoms with Crippen LogP contribution in [0, 0.1) is 0 Å². The first kappa shape index (κ1) is 9.27. The van der Waals surface area contributed by atoms with Crippen molar-refractivity contribution in [3.63, 3.8) is 0 Å². The number of hydrogen-bond donors (Lipinski definition) is 1. The van der Waals surface area contributed by atoms with Gasteiger partial charge in [0, 0.05) is 19.3 Å². The van der Waals surface area contributed by atoms with Crippen molar-refractivity contribution >= 4 is 0 Å². The van der Waals surface area contributed by atoms with E-state index in [0.29, 0.717) is 11.6 Å². The monoisotopic (exact) mass is 194 g/mol. The Bertz CT molecular complexity index is 324. The number of methoxy groups -OCH3 is 1. The molecule has 0 atom stereocenters. The van der Waals surface area contributed by atoms with Crippen LogP contribution in [0.5, 0.6) is 11.6 Å². The van der Waals surface area contributed by atoms with Gasteiger partial charge in [0.05, 0.1) is 7.11 Å². The van der Waals surface area contributed by atoms with Crippen LogP contribution in [-0.2, 0) is 0 Å². The van der Waals surface area contributed by atoms with Crippen LogP contribution in [-0.4, -0.2) is 30.8 Å². The van der Waals surface area contributed by atoms with Gasteiger partial charge in [-0.25, -0.2) is 4.98 Å². The lowest BCUT2D eigenvalue weighted by atomic mass is 10.00. The first-order valence-corrected chi connectivity index (χ1v) is 4.62. The number of nitrogens with one attached hydrogen (secondary N) is 1. The molecule has 1 aromatic heterocycles. The summed E-state index contributed by atoms with van der Waals surface area (Å²) in [7, 11) is 1.59. The lowest BCUT2D eigenvalue weighted by molar-refractivity contribution is 0.0317. The number of aromatic nitrogens is 1. The molecule has 76 valence electrons. The SMILES string of the molecule is COc1ncccc1OC1(C)CNC1. The average molecular weight is 194 g/mol. The first-order valence-electron chi connectivity index (χ1n) is 4.62. The molecule has 0 bridgehead atoms. The molecule has 0 saturated carbocycles. The Morgan fingerprint density at radius 3 is 2.86 bits per heavy atom. The van der Waals surface area contributed by atoms with Gasteiger partial charge in [-0.1, -0.05) is 0 Å². The Labute approximate surface area is 83.2 Å². The van der Waals surface area contributed by atoms with E-state index in [2.05, 4.69) is 17.2 Å². The van der Waals surface area contributed by atoms with Crippen molar-refractivity contribution in [1.29, 1.82) is 0 Å². The van der Waals surface area contributed by atoms with E-state index in [1.165, 1.54) is 0 Å². The summed E-state index contributed by atoms with van der Waals surface area (Å²) < 4.78 is 10.9. The normalized spacial score (nSPS) is 18.4. The summed E-state index contributed by atoms with van der Waals surface area (Å²) in [5.74, 6) is 1.25. The van der Waals surface area contributed by atoms with Crippen LogP contribution >= 0.6 is 0 Å². The summed E-state index contributed by atoms with van der Waals surface area (Å²) in [6.07, 6.45) is 1.69. The van der Waals surface area contributed by atoms with Crippen molar-refractivity contribution in [1.82, 2.24) is 10.3 Å². The molecule has 1 N–H and O–H groups in total. The summed E-state index contributed by atoms with van der Waals surface area (Å²) >= 11 is 0. The fourth-order valence-electron chi connectivity index (χ4n) is 1.42. The second kappa shape index (κ2) is 3.46. The van der Waals surface area contributed by atoms with Gasteiger partial charge in [-0.15, -0.1) is 0 Å². The molecule has 1 fully saturated rings. The molecule has 1 aliphatic rings. The topological polar surface area (TPSA) is 43.4 Å². The van der Waals surface area contributed by atoms with Gasteiger partial charge < -0.3 is 14.8 Å². The fraction of sp³-hybridized carbons (Fsp3) is 0.500. The molecule has 0 radical (unpaired) electrons. The van der Waals surface area contributed by atoms with E-state index in [1.807, 2.05) is 12.1 Å². The molecule has 2 rings (SSSR count). The third-order valence-electron chi connectivity index (χ3n) is 2.28. The van der Waals surface area contributed by atoms with Gasteiger partial charge in [0.1, 0.15) is 5.60 Å². The van der Waals surface area contributed by atoms with Crippen molar-refractivity contribution in [3.8, 4) is 11.6 Å². The minimum absolute atomic E-state index is 0.115. The van der Waals surface area contributed by atoms with Gasteiger partial charge in [0.15, 0.2) is 5.75 Å². The highest BCUT2D eigenvalue weighted by Gasteiger charge is 2.34. The number of pyridine rings is 1. The molecule has 1 aromatic rings. The maximum atomic E-state index is 5.81. The van der Waals surface area contributed by atoms with E-state index in [0.717, 1.165) is 13.1 Å². The summed E-state index contributed by atoms with van der Waals surface area (Å²) in [6, 6.07) is 3.71. The highest BCUT2D eigenvalue weighted by Crippen LogP contribution is 2.28. The fourth-order valence-corrected chi connectivity index (χ4v) is 1.42. The number of rotatable bonds is 3. The zero-order valence-corrected chi connectivity index (χ0v) is 8.41. The van der Waals surface area contributed by atoms with E-state index in [1.54, 1.807) is 13.3 Å². The Hall–Kier alpha value is -1.29. The van der Waals surface area contributed by atoms with Crippen molar-refractivity contribution in [3.05, 3.63) is 18.3 Å². The summed E-state index contributed by atoms with van der Waals surface area (Å²) in [6.45, 7) is 3.80. The Balaban J connectivity index is 2.15. The van der Waals surface area contributed by atoms with Crippen LogP contribution < -0.4 is 14.8 Å². The van der Waals surface area contributed by atoms with E-state index in [4.69, 9.17) is 9.47 Å². The molecule has 0 aliphatic carbocycles. The minimum atomic E-state index is -0.115. The maximum absolute atomic E-state index is 5.81. The van der Waals surface area contributed by atoms with Crippen LogP contribution in [0.15, 0.2) is 18.3 Å². The maximum Gasteiger partial charge on any atom is 0.256 e. The summed E-state index contributed by atoms with van der Waals surface area (Å²) in [4.78, 5) is 4.07. The smallest absolute Gasteiger partial charge is 0.256 e. The van der Waals surface area contributed by atoms with E-state index >= 15 is 0 Å². The van der Waals surface area contributed by atoms with Gasteiger partial charge >= 0.3 is 0 Å². The standard InChI is InChI=1S/C10H14N2O2/c1-10(6-11-7-10)14-8-4-3-5-12-9(8)13-2/h3-5,11H,6-7H2,1-2H3. The van der Waals surface area contributed by atoms with E-state index in [-0.39, 0.29) is 5.60 Å². The van der Waals surface area contributed by atoms with Crippen LogP contribution in [0.2, 0.25) is 0 Å². The van der Waals surface area contributed by atoms with Gasteiger partial charge in [-0.3, -0.25) is 0 Å². The van der Waals surface area contributed by atoms with Crippen molar-refractivity contribution < 1.29 is 9.47 Å². The zero-order valence-electron chi connectivity index (χ0n) is 8.41. The quantitative estimate of drug-likeness (QED) is 0.774. The van der Waals surface area contributed by atoms with Crippen molar-refractivity contribution in [2.24, 2.45) is 0 Å². The molecule has 4 heteroatoms. The van der Waals surface area contributed by atoms with Gasteiger partial charge in [0.2, 0.25) is 0 Å². The highest BCUT2D eigenvalue weighted by atomic mass is 16.5. The third-order valence-corrected chi connectivity index (χ3v) is 2.28. The number of ether oxygens (including phenoxy) is 2. The first-order chi connectivity index (χ1) is 6.73. The molecular weight excluding hydrogens is 180 g/mol. The van der Waals surface area contributed by atoms with Crippen LogP contribution in [0.25, 0.3) is 0 Å². The highest BCUT2D eigenvalue weighted by molar-refractivity contribution is 5.33. The third kappa shape index (κ3) is 1.65. The molecule has 0 aromatic carbocycles. The van der Waals surface area contributed by atoms with Crippen LogP contribution in [0.4, 0.5) is 0 Å². The number of hydrogen-bond acceptors (Lipinski definition) is 4. The lowest BCUT2D eigenvalue weighted by Crippen LogP contribution is -2.61. The number of nitrogens with zero attached hydrogens (tertiary/aromatic N) is 1. The van der Waals surface area contributed by atoms with Crippen molar-refractivity contribution in [2.75, 3.05) is 20.2 Å². The van der Waals surface area contributed by atoms with E-state index in [9.17, 15) is 0 Å². The molecule has 4 nitrogen and oxygen atoms in total. The van der Waals surface area contributed by atoms with E-state index < -0.39 is 0 Å². The second-order valence-electron chi connectivity index (χ2n) is 3.67. The predicted octanol–water partition coefficient (Wildman–Crippen LogP) is 0.831. The largest absolute Gasteiger partial charge is 0.479 e. The van der Waals surface area contributed by atoms with Crippen LogP contribution in [0.3, 0.4) is 0 Å². The molecule has 1 aliphatic heterocycles. The van der Waals surface area contributed by atoms with Gasteiger partial charge in [0.25, 0.3) is 5.88 Å². The molecule has 0 spiro atoms. The lowest BCUT2D eigenvalue weighted by Gasteiger charge is -2.39. The second-order valence-corrected chi connectivity index (χ2v) is 3.67. The molecule has 2 heterocycles. The average Bonchev–Trinajstić information content (AvgIpc) is 2.16. The minimum Gasteiger partial charge on any atom is -0.479 e. The molecule has 0 unspecified atom stereocenters. The molecule has 14 heavy (non-hydrogen) atoms. The van der Waals surface area contributed by atoms with Gasteiger partial charge in [-0.05, 0) is 19.1 Å². The Morgan fingerprint density at radius 1 is 1.50 bits per heavy atom. The predicted molar refractivity (Wildman–Crippen MR) is 52.7 cm³/mol. The summed E-state index contributed by atoms with van der Waals surface area (Å²) in [5, 5.41) is 3.17. The Kier molecular flexibility index (Phi) is 2.29.